The molecule has 0 aliphatic carbocycles. The average molecular weight is 279 g/mol. The zero-order valence-electron chi connectivity index (χ0n) is 12.0. The Bertz CT molecular complexity index is 392. The van der Waals surface area contributed by atoms with E-state index in [1.165, 1.54) is 0 Å². The fourth-order valence-electron chi connectivity index (χ4n) is 2.70. The maximum absolute atomic E-state index is 11.7. The first-order valence-corrected chi connectivity index (χ1v) is 7.48. The van der Waals surface area contributed by atoms with Crippen LogP contribution in [0.15, 0.2) is 24.5 Å². The number of aryl methyl sites for hydroxylation is 1. The summed E-state index contributed by atoms with van der Waals surface area (Å²) in [6.45, 7) is 4.62. The molecule has 5 heteroatoms. The van der Waals surface area contributed by atoms with E-state index in [1.807, 2.05) is 29.1 Å². The Morgan fingerprint density at radius 1 is 1.30 bits per heavy atom. The predicted molar refractivity (Wildman–Crippen MR) is 78.3 cm³/mol. The van der Waals surface area contributed by atoms with Crippen LogP contribution in [0.1, 0.15) is 19.3 Å². The summed E-state index contributed by atoms with van der Waals surface area (Å²) in [7, 11) is 0. The lowest BCUT2D eigenvalue weighted by Crippen LogP contribution is -2.41. The number of amides is 1. The molecule has 5 nitrogen and oxygen atoms in total. The topological polar surface area (TPSA) is 57.5 Å². The Morgan fingerprint density at radius 3 is 2.85 bits per heavy atom. The third-order valence-electron chi connectivity index (χ3n) is 3.87. The van der Waals surface area contributed by atoms with Gasteiger partial charge in [0.2, 0.25) is 5.91 Å². The van der Waals surface area contributed by atoms with Crippen LogP contribution >= 0.6 is 0 Å². The minimum atomic E-state index is 0.106. The van der Waals surface area contributed by atoms with Gasteiger partial charge in [-0.3, -0.25) is 4.79 Å². The number of hydrogen-bond acceptors (Lipinski definition) is 3. The van der Waals surface area contributed by atoms with Gasteiger partial charge in [0.15, 0.2) is 0 Å². The molecule has 0 bridgehead atoms. The maximum Gasteiger partial charge on any atom is 0.221 e. The summed E-state index contributed by atoms with van der Waals surface area (Å²) in [5, 5.41) is 12.2. The summed E-state index contributed by atoms with van der Waals surface area (Å²) in [4.78, 5) is 14.0. The van der Waals surface area contributed by atoms with Crippen molar-refractivity contribution in [3.8, 4) is 0 Å². The molecule has 1 aromatic rings. The molecule has 20 heavy (non-hydrogen) atoms. The van der Waals surface area contributed by atoms with Crippen LogP contribution in [0, 0.1) is 5.92 Å². The van der Waals surface area contributed by atoms with Gasteiger partial charge in [-0.15, -0.1) is 0 Å². The highest BCUT2D eigenvalue weighted by Crippen LogP contribution is 2.14. The largest absolute Gasteiger partial charge is 0.396 e. The zero-order chi connectivity index (χ0) is 14.2. The van der Waals surface area contributed by atoms with Gasteiger partial charge in [0, 0.05) is 51.6 Å². The van der Waals surface area contributed by atoms with Gasteiger partial charge >= 0.3 is 0 Å². The molecule has 1 unspecified atom stereocenters. The Balaban J connectivity index is 1.57. The Morgan fingerprint density at radius 2 is 2.10 bits per heavy atom. The Hall–Kier alpha value is -1.33. The molecule has 1 fully saturated rings. The molecule has 1 aromatic heterocycles. The van der Waals surface area contributed by atoms with Gasteiger partial charge in [-0.2, -0.15) is 0 Å². The van der Waals surface area contributed by atoms with Gasteiger partial charge in [0.1, 0.15) is 0 Å². The van der Waals surface area contributed by atoms with Crippen LogP contribution in [0.5, 0.6) is 0 Å². The van der Waals surface area contributed by atoms with Crippen LogP contribution in [-0.2, 0) is 11.3 Å². The molecule has 112 valence electrons. The quantitative estimate of drug-likeness (QED) is 0.772. The van der Waals surface area contributed by atoms with E-state index < -0.39 is 0 Å². The number of likely N-dealkylation sites (tertiary alicyclic amines) is 1. The molecule has 0 radical (unpaired) electrons. The van der Waals surface area contributed by atoms with Gasteiger partial charge in [-0.05, 0) is 37.4 Å². The molecular weight excluding hydrogens is 254 g/mol. The van der Waals surface area contributed by atoms with E-state index in [9.17, 15) is 9.90 Å². The monoisotopic (exact) mass is 279 g/mol. The van der Waals surface area contributed by atoms with E-state index >= 15 is 0 Å². The number of aromatic nitrogens is 1. The van der Waals surface area contributed by atoms with Crippen molar-refractivity contribution in [2.45, 2.75) is 25.8 Å². The van der Waals surface area contributed by atoms with E-state index in [1.54, 1.807) is 0 Å². The highest BCUT2D eigenvalue weighted by atomic mass is 16.3. The van der Waals surface area contributed by atoms with E-state index in [2.05, 4.69) is 10.2 Å². The van der Waals surface area contributed by atoms with Crippen molar-refractivity contribution in [3.63, 3.8) is 0 Å². The van der Waals surface area contributed by atoms with Crippen molar-refractivity contribution < 1.29 is 9.90 Å². The number of carbonyl (C=O) groups excluding carboxylic acids is 1. The number of nitrogens with one attached hydrogen (secondary N) is 1. The van der Waals surface area contributed by atoms with Crippen molar-refractivity contribution in [1.82, 2.24) is 14.8 Å². The zero-order valence-corrected chi connectivity index (χ0v) is 12.0. The van der Waals surface area contributed by atoms with E-state index in [4.69, 9.17) is 0 Å². The van der Waals surface area contributed by atoms with Crippen LogP contribution < -0.4 is 5.32 Å². The minimum absolute atomic E-state index is 0.106. The van der Waals surface area contributed by atoms with Gasteiger partial charge in [0.05, 0.1) is 0 Å². The standard InChI is InChI=1S/C15H25N3O2/c19-13-14-4-3-9-18(12-14)11-6-16-15(20)5-10-17-7-1-2-8-17/h1-2,7-8,14,19H,3-6,9-13H2,(H,16,20). The number of hydrogen-bond donors (Lipinski definition) is 2. The summed E-state index contributed by atoms with van der Waals surface area (Å²) in [6.07, 6.45) is 6.73. The number of aliphatic hydroxyl groups excluding tert-OH is 1. The molecule has 0 spiro atoms. The molecule has 1 aliphatic rings. The van der Waals surface area contributed by atoms with Crippen LogP contribution in [0.2, 0.25) is 0 Å². The lowest BCUT2D eigenvalue weighted by Gasteiger charge is -2.31. The maximum atomic E-state index is 11.7. The highest BCUT2D eigenvalue weighted by Gasteiger charge is 2.18. The minimum Gasteiger partial charge on any atom is -0.396 e. The second-order valence-corrected chi connectivity index (χ2v) is 5.51. The normalized spacial score (nSPS) is 19.9. The average Bonchev–Trinajstić information content (AvgIpc) is 2.99. The molecule has 2 rings (SSSR count). The molecule has 1 amide bonds. The highest BCUT2D eigenvalue weighted by molar-refractivity contribution is 5.75. The molecule has 1 aliphatic heterocycles. The molecular formula is C15H25N3O2. The fourth-order valence-corrected chi connectivity index (χ4v) is 2.70. The first-order valence-electron chi connectivity index (χ1n) is 7.48. The van der Waals surface area contributed by atoms with E-state index in [-0.39, 0.29) is 12.5 Å². The number of carbonyl (C=O) groups is 1. The second-order valence-electron chi connectivity index (χ2n) is 5.51. The van der Waals surface area contributed by atoms with Gasteiger partial charge < -0.3 is 19.9 Å². The lowest BCUT2D eigenvalue weighted by atomic mass is 9.99. The van der Waals surface area contributed by atoms with Crippen molar-refractivity contribution >= 4 is 5.91 Å². The van der Waals surface area contributed by atoms with Crippen LogP contribution in [-0.4, -0.2) is 53.3 Å². The van der Waals surface area contributed by atoms with Crippen molar-refractivity contribution in [3.05, 3.63) is 24.5 Å². The van der Waals surface area contributed by atoms with E-state index in [0.29, 0.717) is 18.9 Å². The van der Waals surface area contributed by atoms with Crippen molar-refractivity contribution in [2.24, 2.45) is 5.92 Å². The summed E-state index contributed by atoms with van der Waals surface area (Å²) >= 11 is 0. The SMILES string of the molecule is O=C(CCn1cccc1)NCCN1CCCC(CO)C1. The fraction of sp³-hybridized carbons (Fsp3) is 0.667. The second kappa shape index (κ2) is 8.07. The molecule has 1 atom stereocenters. The Kier molecular flexibility index (Phi) is 6.08. The number of aliphatic hydroxyl groups is 1. The summed E-state index contributed by atoms with van der Waals surface area (Å²) in [5.74, 6) is 0.516. The third kappa shape index (κ3) is 4.98. The summed E-state index contributed by atoms with van der Waals surface area (Å²) in [6, 6.07) is 3.93. The van der Waals surface area contributed by atoms with Gasteiger partial charge in [-0.1, -0.05) is 0 Å². The van der Waals surface area contributed by atoms with Crippen LogP contribution in [0.25, 0.3) is 0 Å². The van der Waals surface area contributed by atoms with E-state index in [0.717, 1.165) is 39.0 Å². The number of piperidine rings is 1. The molecule has 2 heterocycles. The van der Waals surface area contributed by atoms with Crippen LogP contribution in [0.3, 0.4) is 0 Å². The molecule has 1 saturated heterocycles. The van der Waals surface area contributed by atoms with Crippen LogP contribution in [0.4, 0.5) is 0 Å². The summed E-state index contributed by atoms with van der Waals surface area (Å²) in [5.41, 5.74) is 0. The first kappa shape index (κ1) is 15.1. The molecule has 0 aromatic carbocycles. The molecule has 2 N–H and O–H groups in total. The predicted octanol–water partition coefficient (Wildman–Crippen LogP) is 0.699. The Labute approximate surface area is 120 Å². The number of nitrogens with zero attached hydrogens (tertiary/aromatic N) is 2. The summed E-state index contributed by atoms with van der Waals surface area (Å²) < 4.78 is 2.01. The smallest absolute Gasteiger partial charge is 0.221 e. The molecule has 0 saturated carbocycles. The number of rotatable bonds is 7. The van der Waals surface area contributed by atoms with Crippen molar-refractivity contribution in [1.29, 1.82) is 0 Å². The van der Waals surface area contributed by atoms with Gasteiger partial charge in [0.25, 0.3) is 0 Å². The van der Waals surface area contributed by atoms with Crippen molar-refractivity contribution in [2.75, 3.05) is 32.8 Å². The lowest BCUT2D eigenvalue weighted by molar-refractivity contribution is -0.121. The third-order valence-corrected chi connectivity index (χ3v) is 3.87. The van der Waals surface area contributed by atoms with Gasteiger partial charge in [-0.25, -0.2) is 0 Å². The first-order chi connectivity index (χ1) is 9.78.